The summed E-state index contributed by atoms with van der Waals surface area (Å²) in [4.78, 5) is 17.1. The van der Waals surface area contributed by atoms with Gasteiger partial charge in [0, 0.05) is 17.5 Å². The lowest BCUT2D eigenvalue weighted by Gasteiger charge is -2.16. The molecule has 0 aliphatic heterocycles. The molecule has 0 aliphatic rings. The molecule has 1 unspecified atom stereocenters. The van der Waals surface area contributed by atoms with E-state index in [2.05, 4.69) is 27.1 Å². The van der Waals surface area contributed by atoms with Crippen molar-refractivity contribution in [3.8, 4) is 17.0 Å². The summed E-state index contributed by atoms with van der Waals surface area (Å²) in [5.74, 6) is 1.48. The smallest absolute Gasteiger partial charge is 0.236 e. The molecular weight excluding hydrogens is 478 g/mol. The second-order valence-corrected chi connectivity index (χ2v) is 9.86. The second-order valence-electron chi connectivity index (χ2n) is 8.06. The molecule has 4 aromatic rings. The predicted octanol–water partition coefficient (Wildman–Crippen LogP) is 6.08. The van der Waals surface area contributed by atoms with Gasteiger partial charge in [-0.15, -0.1) is 28.1 Å². The number of hydrogen-bond acceptors (Lipinski definition) is 7. The zero-order chi connectivity index (χ0) is 24.8. The summed E-state index contributed by atoms with van der Waals surface area (Å²) in [5.41, 5.74) is 4.18. The van der Waals surface area contributed by atoms with Crippen molar-refractivity contribution in [3.05, 3.63) is 83.5 Å². The second kappa shape index (κ2) is 11.3. The van der Waals surface area contributed by atoms with Crippen molar-refractivity contribution in [1.82, 2.24) is 19.7 Å². The number of rotatable bonds is 10. The number of aryl methyl sites for hydroxylation is 2. The minimum absolute atomic E-state index is 0.154. The molecule has 1 atom stereocenters. The fraction of sp³-hybridized carbons (Fsp3) is 0.231. The van der Waals surface area contributed by atoms with Gasteiger partial charge in [-0.1, -0.05) is 59.8 Å². The highest BCUT2D eigenvalue weighted by Gasteiger charge is 2.20. The van der Waals surface area contributed by atoms with Crippen LogP contribution >= 0.6 is 23.1 Å². The summed E-state index contributed by atoms with van der Waals surface area (Å²) in [7, 11) is 0. The number of benzene rings is 2. The molecule has 1 amide bonds. The maximum Gasteiger partial charge on any atom is 0.236 e. The molecule has 35 heavy (non-hydrogen) atoms. The van der Waals surface area contributed by atoms with Gasteiger partial charge < -0.3 is 10.1 Å². The van der Waals surface area contributed by atoms with E-state index in [1.807, 2.05) is 79.2 Å². The maximum atomic E-state index is 12.6. The Balaban J connectivity index is 1.38. The maximum absolute atomic E-state index is 12.6. The third-order valence-corrected chi connectivity index (χ3v) is 6.88. The SMILES string of the molecule is C=CCn1c(SCC(=O)Nc2nc(-c3ccc(C)cc3)cs2)nnc1C(C)Oc1cccc(C)c1. The largest absolute Gasteiger partial charge is 0.483 e. The molecule has 2 aromatic carbocycles. The van der Waals surface area contributed by atoms with Gasteiger partial charge >= 0.3 is 0 Å². The van der Waals surface area contributed by atoms with E-state index in [-0.39, 0.29) is 17.8 Å². The van der Waals surface area contributed by atoms with Crippen LogP contribution in [0, 0.1) is 13.8 Å². The molecule has 4 rings (SSSR count). The molecule has 0 saturated heterocycles. The zero-order valence-electron chi connectivity index (χ0n) is 19.9. The topological polar surface area (TPSA) is 81.9 Å². The van der Waals surface area contributed by atoms with Gasteiger partial charge in [0.15, 0.2) is 22.2 Å². The molecular formula is C26H27N5O2S2. The molecule has 0 spiro atoms. The van der Waals surface area contributed by atoms with Crippen molar-refractivity contribution in [2.75, 3.05) is 11.1 Å². The fourth-order valence-corrected chi connectivity index (χ4v) is 4.92. The number of aromatic nitrogens is 4. The lowest BCUT2D eigenvalue weighted by molar-refractivity contribution is -0.113. The Morgan fingerprint density at radius 3 is 2.74 bits per heavy atom. The number of carbonyl (C=O) groups excluding carboxylic acids is 1. The number of anilines is 1. The monoisotopic (exact) mass is 505 g/mol. The van der Waals surface area contributed by atoms with Crippen LogP contribution in [0.2, 0.25) is 0 Å². The Morgan fingerprint density at radius 1 is 1.20 bits per heavy atom. The number of nitrogens with one attached hydrogen (secondary N) is 1. The Morgan fingerprint density at radius 2 is 2.00 bits per heavy atom. The number of ether oxygens (including phenoxy) is 1. The number of amides is 1. The van der Waals surface area contributed by atoms with Gasteiger partial charge in [0.2, 0.25) is 5.91 Å². The number of allylic oxidation sites excluding steroid dienone is 1. The molecule has 0 fully saturated rings. The fourth-order valence-electron chi connectivity index (χ4n) is 3.43. The molecule has 2 aromatic heterocycles. The molecule has 0 saturated carbocycles. The first-order chi connectivity index (χ1) is 16.9. The van der Waals surface area contributed by atoms with Crippen LogP contribution in [0.5, 0.6) is 5.75 Å². The lowest BCUT2D eigenvalue weighted by atomic mass is 10.1. The molecule has 0 aliphatic carbocycles. The average molecular weight is 506 g/mol. The van der Waals surface area contributed by atoms with E-state index in [9.17, 15) is 4.79 Å². The van der Waals surface area contributed by atoms with Gasteiger partial charge in [-0.25, -0.2) is 4.98 Å². The summed E-state index contributed by atoms with van der Waals surface area (Å²) in [6.45, 7) is 10.4. The highest BCUT2D eigenvalue weighted by atomic mass is 32.2. The third kappa shape index (κ3) is 6.37. The van der Waals surface area contributed by atoms with Crippen LogP contribution in [-0.4, -0.2) is 31.4 Å². The van der Waals surface area contributed by atoms with E-state index in [4.69, 9.17) is 4.74 Å². The quantitative estimate of drug-likeness (QED) is 0.208. The number of thioether (sulfide) groups is 1. The molecule has 180 valence electrons. The standard InChI is InChI=1S/C26H27N5O2S2/c1-5-13-31-24(19(4)33-21-8-6-7-18(3)14-21)29-30-26(31)35-16-23(32)28-25-27-22(15-34-25)20-11-9-17(2)10-12-20/h5-12,14-15,19H,1,13,16H2,2-4H3,(H,27,28,32). The minimum Gasteiger partial charge on any atom is -0.483 e. The van der Waals surface area contributed by atoms with Crippen LogP contribution in [0.25, 0.3) is 11.3 Å². The molecule has 0 radical (unpaired) electrons. The average Bonchev–Trinajstić information content (AvgIpc) is 3.46. The van der Waals surface area contributed by atoms with E-state index in [0.717, 1.165) is 22.6 Å². The molecule has 2 heterocycles. The van der Waals surface area contributed by atoms with Crippen LogP contribution in [-0.2, 0) is 11.3 Å². The van der Waals surface area contributed by atoms with Crippen molar-refractivity contribution in [2.45, 2.75) is 38.6 Å². The van der Waals surface area contributed by atoms with Crippen molar-refractivity contribution >= 4 is 34.1 Å². The summed E-state index contributed by atoms with van der Waals surface area (Å²) in [5, 5.41) is 14.7. The third-order valence-electron chi connectivity index (χ3n) is 5.15. The highest BCUT2D eigenvalue weighted by molar-refractivity contribution is 7.99. The van der Waals surface area contributed by atoms with Gasteiger partial charge in [-0.05, 0) is 38.5 Å². The summed E-state index contributed by atoms with van der Waals surface area (Å²) in [6, 6.07) is 16.0. The van der Waals surface area contributed by atoms with Crippen LogP contribution < -0.4 is 10.1 Å². The summed E-state index contributed by atoms with van der Waals surface area (Å²) < 4.78 is 8.00. The van der Waals surface area contributed by atoms with Crippen molar-refractivity contribution in [2.24, 2.45) is 0 Å². The number of hydrogen-bond donors (Lipinski definition) is 1. The Kier molecular flexibility index (Phi) is 7.99. The van der Waals surface area contributed by atoms with Gasteiger partial charge in [0.05, 0.1) is 11.4 Å². The van der Waals surface area contributed by atoms with Gasteiger partial charge in [0.25, 0.3) is 0 Å². The van der Waals surface area contributed by atoms with Gasteiger partial charge in [-0.3, -0.25) is 9.36 Å². The minimum atomic E-state index is -0.317. The van der Waals surface area contributed by atoms with Gasteiger partial charge in [-0.2, -0.15) is 0 Å². The Labute approximate surface area is 213 Å². The Hall–Kier alpha value is -3.43. The first kappa shape index (κ1) is 24.7. The number of nitrogens with zero attached hydrogens (tertiary/aromatic N) is 4. The van der Waals surface area contributed by atoms with Crippen LogP contribution in [0.3, 0.4) is 0 Å². The molecule has 7 nitrogen and oxygen atoms in total. The highest BCUT2D eigenvalue weighted by Crippen LogP contribution is 2.27. The number of carbonyl (C=O) groups is 1. The first-order valence-electron chi connectivity index (χ1n) is 11.2. The molecule has 1 N–H and O–H groups in total. The molecule has 0 bridgehead atoms. The Bertz CT molecular complexity index is 1310. The van der Waals surface area contributed by atoms with E-state index < -0.39 is 0 Å². The van der Waals surface area contributed by atoms with E-state index in [1.54, 1.807) is 6.08 Å². The van der Waals surface area contributed by atoms with Crippen molar-refractivity contribution in [3.63, 3.8) is 0 Å². The molecule has 9 heteroatoms. The van der Waals surface area contributed by atoms with Crippen LogP contribution in [0.15, 0.2) is 71.7 Å². The summed E-state index contributed by atoms with van der Waals surface area (Å²) in [6.07, 6.45) is 1.46. The predicted molar refractivity (Wildman–Crippen MR) is 142 cm³/mol. The number of thiazole rings is 1. The first-order valence-corrected chi connectivity index (χ1v) is 13.0. The summed E-state index contributed by atoms with van der Waals surface area (Å²) >= 11 is 2.72. The van der Waals surface area contributed by atoms with Crippen molar-refractivity contribution < 1.29 is 9.53 Å². The zero-order valence-corrected chi connectivity index (χ0v) is 21.5. The van der Waals surface area contributed by atoms with Crippen LogP contribution in [0.1, 0.15) is 30.0 Å². The normalized spacial score (nSPS) is 11.7. The lowest BCUT2D eigenvalue weighted by Crippen LogP contribution is -2.15. The van der Waals surface area contributed by atoms with E-state index in [1.165, 1.54) is 28.7 Å². The van der Waals surface area contributed by atoms with E-state index in [0.29, 0.717) is 22.7 Å². The van der Waals surface area contributed by atoms with Gasteiger partial charge in [0.1, 0.15) is 5.75 Å². The van der Waals surface area contributed by atoms with Crippen LogP contribution in [0.4, 0.5) is 5.13 Å². The van der Waals surface area contributed by atoms with Crippen molar-refractivity contribution in [1.29, 1.82) is 0 Å². The van der Waals surface area contributed by atoms with E-state index >= 15 is 0 Å².